The van der Waals surface area contributed by atoms with Gasteiger partial charge in [0.1, 0.15) is 11.6 Å². The van der Waals surface area contributed by atoms with E-state index in [0.29, 0.717) is 11.4 Å². The van der Waals surface area contributed by atoms with E-state index in [4.69, 9.17) is 0 Å². The fourth-order valence-corrected chi connectivity index (χ4v) is 10.8. The lowest BCUT2D eigenvalue weighted by atomic mass is 9.90. The summed E-state index contributed by atoms with van der Waals surface area (Å²) in [6.07, 6.45) is 0. The largest absolute Gasteiger partial charge is 0.307 e. The van der Waals surface area contributed by atoms with Gasteiger partial charge >= 0.3 is 0 Å². The molecule has 0 aromatic heterocycles. The Kier molecular flexibility index (Phi) is 11.2. The molecule has 0 unspecified atom stereocenters. The third kappa shape index (κ3) is 7.92. The molecule has 0 heterocycles. The molecule has 12 rings (SSSR count). The second-order valence-corrected chi connectivity index (χ2v) is 19.1. The zero-order chi connectivity index (χ0) is 49.0. The molecule has 0 saturated heterocycles. The van der Waals surface area contributed by atoms with Gasteiger partial charge in [0.2, 0.25) is 0 Å². The summed E-state index contributed by atoms with van der Waals surface area (Å²) in [7, 11) is 0. The van der Waals surface area contributed by atoms with Gasteiger partial charge < -0.3 is 9.80 Å². The molecule has 4 heteroatoms. The molecule has 0 radical (unpaired) electrons. The van der Waals surface area contributed by atoms with E-state index < -0.39 is 0 Å². The molecule has 0 spiro atoms. The first-order chi connectivity index (χ1) is 35.2. The van der Waals surface area contributed by atoms with Crippen LogP contribution in [-0.4, -0.2) is 0 Å². The van der Waals surface area contributed by atoms with Crippen molar-refractivity contribution >= 4 is 66.4 Å². The summed E-state index contributed by atoms with van der Waals surface area (Å²) in [5.41, 5.74) is 15.6. The summed E-state index contributed by atoms with van der Waals surface area (Å²) in [6.45, 7) is 8.28. The average Bonchev–Trinajstić information content (AvgIpc) is 3.40. The summed E-state index contributed by atoms with van der Waals surface area (Å²) < 4.78 is 35.7. The van der Waals surface area contributed by atoms with Gasteiger partial charge in [0.25, 0.3) is 0 Å². The van der Waals surface area contributed by atoms with Crippen LogP contribution >= 0.6 is 0 Å². The van der Waals surface area contributed by atoms with Crippen LogP contribution in [0.1, 0.15) is 22.3 Å². The predicted molar refractivity (Wildman–Crippen MR) is 300 cm³/mol. The van der Waals surface area contributed by atoms with Crippen LogP contribution in [0, 0.1) is 39.3 Å². The number of para-hydroxylation sites is 2. The Bertz CT molecular complexity index is 3750. The van der Waals surface area contributed by atoms with Gasteiger partial charge in [0.05, 0.1) is 22.7 Å². The first-order valence-corrected chi connectivity index (χ1v) is 24.5. The molecule has 0 amide bonds. The van der Waals surface area contributed by atoms with E-state index in [1.165, 1.54) is 0 Å². The van der Waals surface area contributed by atoms with Gasteiger partial charge in [-0.1, -0.05) is 192 Å². The molecule has 72 heavy (non-hydrogen) atoms. The Hall–Kier alpha value is -8.86. The summed E-state index contributed by atoms with van der Waals surface area (Å²) in [5.74, 6) is -0.665. The number of hydrogen-bond donors (Lipinski definition) is 0. The molecule has 0 fully saturated rings. The fourth-order valence-electron chi connectivity index (χ4n) is 10.8. The van der Waals surface area contributed by atoms with Gasteiger partial charge in [-0.05, 0) is 143 Å². The van der Waals surface area contributed by atoms with Crippen LogP contribution in [0.4, 0.5) is 42.9 Å². The van der Waals surface area contributed by atoms with Gasteiger partial charge in [-0.3, -0.25) is 0 Å². The molecule has 2 nitrogen and oxygen atoms in total. The molecule has 346 valence electrons. The van der Waals surface area contributed by atoms with Gasteiger partial charge in [0, 0.05) is 33.3 Å². The van der Waals surface area contributed by atoms with Crippen LogP contribution in [0.15, 0.2) is 231 Å². The molecular formula is C68H50F2N2. The first-order valence-electron chi connectivity index (χ1n) is 24.5. The molecule has 0 aliphatic rings. The maximum Gasteiger partial charge on any atom is 0.148 e. The quantitative estimate of drug-likeness (QED) is 0.126. The van der Waals surface area contributed by atoms with Crippen molar-refractivity contribution < 1.29 is 8.78 Å². The fraction of sp³-hybridized carbons (Fsp3) is 0.0588. The van der Waals surface area contributed by atoms with Crippen molar-refractivity contribution in [2.24, 2.45) is 0 Å². The van der Waals surface area contributed by atoms with E-state index in [9.17, 15) is 0 Å². The highest BCUT2D eigenvalue weighted by molar-refractivity contribution is 6.28. The van der Waals surface area contributed by atoms with Gasteiger partial charge in [0.15, 0.2) is 0 Å². The number of rotatable bonds is 10. The van der Waals surface area contributed by atoms with Gasteiger partial charge in [-0.25, -0.2) is 8.78 Å². The Morgan fingerprint density at radius 3 is 1.01 bits per heavy atom. The van der Waals surface area contributed by atoms with Crippen molar-refractivity contribution in [2.45, 2.75) is 27.7 Å². The number of benzene rings is 12. The lowest BCUT2D eigenvalue weighted by Crippen LogP contribution is -2.14. The average molecular weight is 933 g/mol. The van der Waals surface area contributed by atoms with Crippen LogP contribution in [0.3, 0.4) is 0 Å². The molecule has 0 bridgehead atoms. The minimum Gasteiger partial charge on any atom is -0.307 e. The topological polar surface area (TPSA) is 6.48 Å². The highest BCUT2D eigenvalue weighted by atomic mass is 19.1. The molecule has 12 aromatic rings. The zero-order valence-corrected chi connectivity index (χ0v) is 40.6. The molecule has 0 aliphatic carbocycles. The molecular weight excluding hydrogens is 883 g/mol. The van der Waals surface area contributed by atoms with Crippen molar-refractivity contribution in [2.75, 3.05) is 9.80 Å². The monoisotopic (exact) mass is 932 g/mol. The zero-order valence-electron chi connectivity index (χ0n) is 40.6. The summed E-state index contributed by atoms with van der Waals surface area (Å²) >= 11 is 0. The summed E-state index contributed by atoms with van der Waals surface area (Å²) in [5, 5.41) is 6.11. The van der Waals surface area contributed by atoms with E-state index in [1.54, 1.807) is 12.1 Å². The standard InChI is InChI=1S/C68H50F2N2/c1-43-15-11-19-49(35-43)53-39-59(51-21-13-17-45(3)37-51)67(61(69)41-53)71(55-23-7-5-8-24-55)63-33-29-47-28-32-58-64(34-30-48-27-31-57(63)65(47)66(48)58)72(56-25-9-6-10-26-56)68-60(52-22-14-18-46(4)38-52)40-54(42-62(68)70)50-20-12-16-44(2)36-50/h5-42H,1-4H3. The second kappa shape index (κ2) is 18.1. The maximum atomic E-state index is 17.8. The number of aryl methyl sites for hydroxylation is 4. The van der Waals surface area contributed by atoms with E-state index in [0.717, 1.165) is 122 Å². The number of halogens is 2. The molecule has 12 aromatic carbocycles. The molecule has 0 aliphatic heterocycles. The van der Waals surface area contributed by atoms with Crippen LogP contribution in [0.25, 0.3) is 76.8 Å². The summed E-state index contributed by atoms with van der Waals surface area (Å²) in [4.78, 5) is 4.19. The second-order valence-electron chi connectivity index (χ2n) is 19.1. The smallest absolute Gasteiger partial charge is 0.148 e. The highest BCUT2D eigenvalue weighted by Crippen LogP contribution is 2.52. The van der Waals surface area contributed by atoms with Crippen molar-refractivity contribution in [3.63, 3.8) is 0 Å². The van der Waals surface area contributed by atoms with Crippen LogP contribution in [-0.2, 0) is 0 Å². The van der Waals surface area contributed by atoms with Crippen molar-refractivity contribution in [1.82, 2.24) is 0 Å². The van der Waals surface area contributed by atoms with Crippen molar-refractivity contribution in [1.29, 1.82) is 0 Å². The number of hydrogen-bond acceptors (Lipinski definition) is 2. The van der Waals surface area contributed by atoms with E-state index in [2.05, 4.69) is 159 Å². The van der Waals surface area contributed by atoms with Gasteiger partial charge in [-0.15, -0.1) is 0 Å². The Morgan fingerprint density at radius 2 is 0.639 bits per heavy atom. The lowest BCUT2D eigenvalue weighted by molar-refractivity contribution is 0.629. The summed E-state index contributed by atoms with van der Waals surface area (Å²) in [6, 6.07) is 78.2. The lowest BCUT2D eigenvalue weighted by Gasteiger charge is -2.31. The Balaban J connectivity index is 1.12. The van der Waals surface area contributed by atoms with Gasteiger partial charge in [-0.2, -0.15) is 0 Å². The van der Waals surface area contributed by atoms with Crippen LogP contribution < -0.4 is 9.80 Å². The van der Waals surface area contributed by atoms with E-state index in [-0.39, 0.29) is 11.6 Å². The molecule has 0 atom stereocenters. The van der Waals surface area contributed by atoms with E-state index in [1.807, 2.05) is 97.1 Å². The normalized spacial score (nSPS) is 11.5. The minimum absolute atomic E-state index is 0.333. The third-order valence-corrected chi connectivity index (χ3v) is 14.1. The van der Waals surface area contributed by atoms with Crippen LogP contribution in [0.5, 0.6) is 0 Å². The molecule has 0 saturated carbocycles. The van der Waals surface area contributed by atoms with Crippen LogP contribution in [0.2, 0.25) is 0 Å². The highest BCUT2D eigenvalue weighted by Gasteiger charge is 2.28. The van der Waals surface area contributed by atoms with Crippen molar-refractivity contribution in [3.8, 4) is 44.5 Å². The van der Waals surface area contributed by atoms with E-state index >= 15 is 8.78 Å². The Labute approximate surface area is 419 Å². The first kappa shape index (κ1) is 44.4. The maximum absolute atomic E-state index is 17.8. The minimum atomic E-state index is -0.333. The Morgan fingerprint density at radius 1 is 0.292 bits per heavy atom. The number of anilines is 6. The third-order valence-electron chi connectivity index (χ3n) is 14.1. The van der Waals surface area contributed by atoms with Crippen molar-refractivity contribution in [3.05, 3.63) is 264 Å². The number of nitrogens with zero attached hydrogens (tertiary/aromatic N) is 2. The predicted octanol–water partition coefficient (Wildman–Crippen LogP) is 19.7. The molecule has 0 N–H and O–H groups in total. The SMILES string of the molecule is Cc1cccc(-c2cc(F)c(N(c3ccccc3)c3ccc4ccc5c(N(c6ccccc6)c6c(F)cc(-c7cccc(C)c7)cc6-c6cccc(C)c6)ccc6ccc3c4c65)c(-c3cccc(C)c3)c2)c1.